The van der Waals surface area contributed by atoms with Crippen molar-refractivity contribution in [3.05, 3.63) is 30.3 Å². The van der Waals surface area contributed by atoms with Gasteiger partial charge in [-0.05, 0) is 49.7 Å². The molecule has 1 saturated heterocycles. The van der Waals surface area contributed by atoms with Crippen LogP contribution in [0.4, 0.5) is 5.69 Å². The van der Waals surface area contributed by atoms with E-state index in [9.17, 15) is 5.11 Å². The third-order valence-electron chi connectivity index (χ3n) is 5.87. The number of rotatable bonds is 3. The highest BCUT2D eigenvalue weighted by molar-refractivity contribution is 5.46. The van der Waals surface area contributed by atoms with Gasteiger partial charge in [-0.25, -0.2) is 0 Å². The molecule has 3 rings (SSSR count). The van der Waals surface area contributed by atoms with Gasteiger partial charge >= 0.3 is 0 Å². The van der Waals surface area contributed by atoms with E-state index >= 15 is 0 Å². The van der Waals surface area contributed by atoms with E-state index in [1.807, 2.05) is 0 Å². The maximum Gasteiger partial charge on any atom is 0.0709 e. The van der Waals surface area contributed by atoms with Crippen molar-refractivity contribution in [1.29, 1.82) is 0 Å². The minimum Gasteiger partial charge on any atom is -0.389 e. The molecule has 0 radical (unpaired) electrons. The van der Waals surface area contributed by atoms with E-state index in [0.717, 1.165) is 31.8 Å². The lowest BCUT2D eigenvalue weighted by Gasteiger charge is -2.46. The van der Waals surface area contributed by atoms with E-state index in [1.54, 1.807) is 0 Å². The maximum absolute atomic E-state index is 11.1. The van der Waals surface area contributed by atoms with Gasteiger partial charge in [0.05, 0.1) is 5.60 Å². The fourth-order valence-corrected chi connectivity index (χ4v) is 4.35. The van der Waals surface area contributed by atoms with Gasteiger partial charge in [0.25, 0.3) is 0 Å². The summed E-state index contributed by atoms with van der Waals surface area (Å²) in [6.45, 7) is 4.29. The van der Waals surface area contributed by atoms with Crippen LogP contribution in [0.1, 0.15) is 51.9 Å². The Bertz CT molecular complexity index is 436. The summed E-state index contributed by atoms with van der Waals surface area (Å²) in [5, 5.41) is 11.1. The standard InChI is InChI=1S/C19H29NO/c1-2-16-7-6-8-17(15-16)19(21)11-13-20(14-12-19)18-9-4-3-5-10-18/h3-5,9-10,16-17,21H,2,6-8,11-15H2,1H3. The quantitative estimate of drug-likeness (QED) is 0.899. The monoisotopic (exact) mass is 287 g/mol. The van der Waals surface area contributed by atoms with Crippen LogP contribution in [-0.4, -0.2) is 23.8 Å². The summed E-state index contributed by atoms with van der Waals surface area (Å²) >= 11 is 0. The SMILES string of the molecule is CCC1CCCC(C2(O)CCN(c3ccccc3)CC2)C1. The Balaban J connectivity index is 1.61. The van der Waals surface area contributed by atoms with Crippen LogP contribution in [-0.2, 0) is 0 Å². The van der Waals surface area contributed by atoms with Crippen molar-refractivity contribution in [1.82, 2.24) is 0 Å². The van der Waals surface area contributed by atoms with Crippen LogP contribution in [0.25, 0.3) is 0 Å². The van der Waals surface area contributed by atoms with E-state index < -0.39 is 5.60 Å². The lowest BCUT2D eigenvalue weighted by molar-refractivity contribution is -0.0593. The highest BCUT2D eigenvalue weighted by atomic mass is 16.3. The largest absolute Gasteiger partial charge is 0.389 e. The second-order valence-electron chi connectivity index (χ2n) is 7.06. The van der Waals surface area contributed by atoms with Crippen LogP contribution >= 0.6 is 0 Å². The van der Waals surface area contributed by atoms with E-state index in [1.165, 1.54) is 37.8 Å². The summed E-state index contributed by atoms with van der Waals surface area (Å²) in [6, 6.07) is 10.6. The second-order valence-corrected chi connectivity index (χ2v) is 7.06. The molecule has 0 aromatic heterocycles. The average molecular weight is 287 g/mol. The van der Waals surface area contributed by atoms with Gasteiger partial charge in [0.1, 0.15) is 0 Å². The Hall–Kier alpha value is -1.02. The van der Waals surface area contributed by atoms with Gasteiger partial charge in [-0.15, -0.1) is 0 Å². The maximum atomic E-state index is 11.1. The summed E-state index contributed by atoms with van der Waals surface area (Å²) < 4.78 is 0. The van der Waals surface area contributed by atoms with Gasteiger partial charge in [-0.1, -0.05) is 44.4 Å². The van der Waals surface area contributed by atoms with Crippen molar-refractivity contribution >= 4 is 5.69 Å². The van der Waals surface area contributed by atoms with Crippen molar-refractivity contribution in [2.45, 2.75) is 57.5 Å². The van der Waals surface area contributed by atoms with E-state index in [4.69, 9.17) is 0 Å². The third kappa shape index (κ3) is 3.26. The van der Waals surface area contributed by atoms with Crippen LogP contribution < -0.4 is 4.90 Å². The van der Waals surface area contributed by atoms with Crippen molar-refractivity contribution < 1.29 is 5.11 Å². The molecule has 2 nitrogen and oxygen atoms in total. The lowest BCUT2D eigenvalue weighted by Crippen LogP contribution is -2.50. The van der Waals surface area contributed by atoms with Crippen molar-refractivity contribution in [2.75, 3.05) is 18.0 Å². The normalized spacial score (nSPS) is 29.3. The van der Waals surface area contributed by atoms with Gasteiger partial charge in [-0.2, -0.15) is 0 Å². The molecule has 1 aliphatic heterocycles. The minimum atomic E-state index is -0.404. The summed E-state index contributed by atoms with van der Waals surface area (Å²) in [5.74, 6) is 1.38. The molecule has 1 N–H and O–H groups in total. The number of nitrogens with zero attached hydrogens (tertiary/aromatic N) is 1. The molecule has 1 aromatic rings. The Kier molecular flexibility index (Phi) is 4.54. The number of hydrogen-bond acceptors (Lipinski definition) is 2. The molecular weight excluding hydrogens is 258 g/mol. The van der Waals surface area contributed by atoms with Gasteiger partial charge in [0.15, 0.2) is 0 Å². The zero-order valence-electron chi connectivity index (χ0n) is 13.3. The molecule has 2 atom stereocenters. The van der Waals surface area contributed by atoms with Gasteiger partial charge in [-0.3, -0.25) is 0 Å². The fourth-order valence-electron chi connectivity index (χ4n) is 4.35. The minimum absolute atomic E-state index is 0.404. The van der Waals surface area contributed by atoms with Gasteiger partial charge in [0, 0.05) is 18.8 Å². The topological polar surface area (TPSA) is 23.5 Å². The van der Waals surface area contributed by atoms with E-state index in [0.29, 0.717) is 5.92 Å². The van der Waals surface area contributed by atoms with E-state index in [2.05, 4.69) is 42.2 Å². The predicted molar refractivity (Wildman–Crippen MR) is 88.6 cm³/mol. The first-order chi connectivity index (χ1) is 10.2. The molecule has 1 aliphatic carbocycles. The van der Waals surface area contributed by atoms with Crippen LogP contribution in [0, 0.1) is 11.8 Å². The first kappa shape index (κ1) is 14.9. The molecule has 2 unspecified atom stereocenters. The van der Waals surface area contributed by atoms with Crippen molar-refractivity contribution in [3.63, 3.8) is 0 Å². The lowest BCUT2D eigenvalue weighted by atomic mass is 9.69. The highest BCUT2D eigenvalue weighted by Crippen LogP contribution is 2.42. The highest BCUT2D eigenvalue weighted by Gasteiger charge is 2.41. The molecule has 1 heterocycles. The van der Waals surface area contributed by atoms with Crippen LogP contribution in [0.3, 0.4) is 0 Å². The summed E-state index contributed by atoms with van der Waals surface area (Å²) in [6.07, 6.45) is 8.32. The fraction of sp³-hybridized carbons (Fsp3) is 0.684. The molecule has 2 heteroatoms. The summed E-state index contributed by atoms with van der Waals surface area (Å²) in [7, 11) is 0. The number of anilines is 1. The third-order valence-corrected chi connectivity index (χ3v) is 5.87. The summed E-state index contributed by atoms with van der Waals surface area (Å²) in [4.78, 5) is 2.43. The van der Waals surface area contributed by atoms with Crippen LogP contribution in [0.5, 0.6) is 0 Å². The van der Waals surface area contributed by atoms with Gasteiger partial charge in [0.2, 0.25) is 0 Å². The molecule has 1 aromatic carbocycles. The van der Waals surface area contributed by atoms with Gasteiger partial charge < -0.3 is 10.0 Å². The predicted octanol–water partition coefficient (Wildman–Crippen LogP) is 4.23. The Morgan fingerprint density at radius 1 is 1.14 bits per heavy atom. The average Bonchev–Trinajstić information content (AvgIpc) is 2.56. The van der Waals surface area contributed by atoms with Crippen LogP contribution in [0.2, 0.25) is 0 Å². The summed E-state index contributed by atoms with van der Waals surface area (Å²) in [5.41, 5.74) is 0.897. The molecule has 116 valence electrons. The number of aliphatic hydroxyl groups is 1. The molecule has 2 aliphatic rings. The first-order valence-corrected chi connectivity index (χ1v) is 8.73. The zero-order chi connectivity index (χ0) is 14.7. The van der Waals surface area contributed by atoms with E-state index in [-0.39, 0.29) is 0 Å². The molecule has 21 heavy (non-hydrogen) atoms. The van der Waals surface area contributed by atoms with Crippen molar-refractivity contribution in [3.8, 4) is 0 Å². The number of hydrogen-bond donors (Lipinski definition) is 1. The molecule has 1 saturated carbocycles. The number of piperidine rings is 1. The molecule has 0 amide bonds. The Morgan fingerprint density at radius 3 is 2.52 bits per heavy atom. The number of para-hydroxylation sites is 1. The molecular formula is C19H29NO. The second kappa shape index (κ2) is 6.39. The molecule has 0 spiro atoms. The van der Waals surface area contributed by atoms with Crippen molar-refractivity contribution in [2.24, 2.45) is 11.8 Å². The number of benzene rings is 1. The Morgan fingerprint density at radius 2 is 1.86 bits per heavy atom. The van der Waals surface area contributed by atoms with Crippen LogP contribution in [0.15, 0.2) is 30.3 Å². The smallest absolute Gasteiger partial charge is 0.0709 e. The first-order valence-electron chi connectivity index (χ1n) is 8.73. The molecule has 2 fully saturated rings. The Labute approximate surface area is 129 Å². The zero-order valence-corrected chi connectivity index (χ0v) is 13.3. The molecule has 0 bridgehead atoms.